The molecule has 2 rings (SSSR count). The van der Waals surface area contributed by atoms with Crippen LogP contribution in [0.3, 0.4) is 0 Å². The highest BCUT2D eigenvalue weighted by molar-refractivity contribution is 5.97. The van der Waals surface area contributed by atoms with E-state index in [1.807, 2.05) is 6.07 Å². The number of Topliss-reactive ketones (excluding diaryl/α,β-unsaturated/α-hetero) is 1. The summed E-state index contributed by atoms with van der Waals surface area (Å²) in [5.74, 6) is 0.305. The van der Waals surface area contributed by atoms with Gasteiger partial charge in [0.05, 0.1) is 4.92 Å². The fourth-order valence-corrected chi connectivity index (χ4v) is 1.78. The van der Waals surface area contributed by atoms with E-state index >= 15 is 0 Å². The number of nitrogens with zero attached hydrogens (tertiary/aromatic N) is 1. The molecule has 0 aliphatic carbocycles. The minimum Gasteiger partial charge on any atom is -0.485 e. The first-order valence-corrected chi connectivity index (χ1v) is 6.04. The van der Waals surface area contributed by atoms with Crippen molar-refractivity contribution in [2.75, 3.05) is 6.61 Å². The molecule has 0 atom stereocenters. The van der Waals surface area contributed by atoms with Crippen LogP contribution in [0.4, 0.5) is 5.69 Å². The number of benzene rings is 2. The Morgan fingerprint density at radius 3 is 2.50 bits per heavy atom. The zero-order valence-corrected chi connectivity index (χ0v) is 10.9. The Labute approximate surface area is 116 Å². The summed E-state index contributed by atoms with van der Waals surface area (Å²) in [4.78, 5) is 22.1. The molecule has 0 aliphatic rings. The maximum Gasteiger partial charge on any atom is 0.272 e. The molecule has 0 N–H and O–H groups in total. The van der Waals surface area contributed by atoms with Crippen molar-refractivity contribution in [2.45, 2.75) is 6.92 Å². The van der Waals surface area contributed by atoms with Crippen molar-refractivity contribution in [3.63, 3.8) is 0 Å². The first-order valence-electron chi connectivity index (χ1n) is 6.04. The first kappa shape index (κ1) is 13.7. The molecule has 0 aromatic heterocycles. The van der Waals surface area contributed by atoms with Gasteiger partial charge in [-0.1, -0.05) is 30.3 Å². The molecular weight excluding hydrogens is 258 g/mol. The van der Waals surface area contributed by atoms with Crippen molar-refractivity contribution in [1.29, 1.82) is 0 Å². The molecule has 0 saturated carbocycles. The van der Waals surface area contributed by atoms with Crippen LogP contribution in [0.2, 0.25) is 0 Å². The van der Waals surface area contributed by atoms with E-state index in [4.69, 9.17) is 4.74 Å². The van der Waals surface area contributed by atoms with Crippen molar-refractivity contribution < 1.29 is 14.5 Å². The molecule has 0 heterocycles. The van der Waals surface area contributed by atoms with E-state index < -0.39 is 4.92 Å². The summed E-state index contributed by atoms with van der Waals surface area (Å²) in [7, 11) is 0. The number of rotatable bonds is 5. The Balaban J connectivity index is 2.03. The van der Waals surface area contributed by atoms with E-state index in [0.717, 1.165) is 0 Å². The van der Waals surface area contributed by atoms with Crippen LogP contribution in [-0.2, 0) is 0 Å². The highest BCUT2D eigenvalue weighted by Crippen LogP contribution is 2.23. The van der Waals surface area contributed by atoms with Crippen molar-refractivity contribution in [3.8, 4) is 5.75 Å². The maximum atomic E-state index is 11.8. The Morgan fingerprint density at radius 2 is 1.90 bits per heavy atom. The van der Waals surface area contributed by atoms with Gasteiger partial charge in [-0.15, -0.1) is 0 Å². The smallest absolute Gasteiger partial charge is 0.272 e. The highest BCUT2D eigenvalue weighted by atomic mass is 16.6. The highest BCUT2D eigenvalue weighted by Gasteiger charge is 2.11. The number of aryl methyl sites for hydroxylation is 1. The molecule has 0 unspecified atom stereocenters. The predicted octanol–water partition coefficient (Wildman–Crippen LogP) is 3.16. The quantitative estimate of drug-likeness (QED) is 0.476. The van der Waals surface area contributed by atoms with Crippen molar-refractivity contribution in [1.82, 2.24) is 0 Å². The van der Waals surface area contributed by atoms with Crippen molar-refractivity contribution in [3.05, 3.63) is 69.8 Å². The minimum absolute atomic E-state index is 0.0340. The van der Waals surface area contributed by atoms with Crippen molar-refractivity contribution >= 4 is 11.5 Å². The maximum absolute atomic E-state index is 11.8. The summed E-state index contributed by atoms with van der Waals surface area (Å²) >= 11 is 0. The Hall–Kier alpha value is -2.69. The van der Waals surface area contributed by atoms with Gasteiger partial charge in [0.15, 0.2) is 12.4 Å². The van der Waals surface area contributed by atoms with Gasteiger partial charge in [-0.05, 0) is 19.1 Å². The molecule has 0 amide bonds. The summed E-state index contributed by atoms with van der Waals surface area (Å²) in [6.07, 6.45) is 0. The number of hydrogen-bond donors (Lipinski definition) is 0. The number of carbonyl (C=O) groups is 1. The SMILES string of the molecule is Cc1cc(OCC(=O)c2ccccc2)ccc1[N+](=O)[O-]. The van der Waals surface area contributed by atoms with Crippen LogP contribution in [0.25, 0.3) is 0 Å². The van der Waals surface area contributed by atoms with Crippen LogP contribution in [0.1, 0.15) is 15.9 Å². The fraction of sp³-hybridized carbons (Fsp3) is 0.133. The van der Waals surface area contributed by atoms with E-state index in [2.05, 4.69) is 0 Å². The van der Waals surface area contributed by atoms with E-state index in [1.54, 1.807) is 37.3 Å². The summed E-state index contributed by atoms with van der Waals surface area (Å²) in [6, 6.07) is 13.2. The summed E-state index contributed by atoms with van der Waals surface area (Å²) in [6.45, 7) is 1.53. The summed E-state index contributed by atoms with van der Waals surface area (Å²) < 4.78 is 5.37. The second-order valence-corrected chi connectivity index (χ2v) is 4.28. The lowest BCUT2D eigenvalue weighted by Gasteiger charge is -2.06. The molecule has 2 aromatic rings. The molecule has 0 aliphatic heterocycles. The van der Waals surface area contributed by atoms with Crippen LogP contribution in [0.5, 0.6) is 5.75 Å². The topological polar surface area (TPSA) is 69.4 Å². The monoisotopic (exact) mass is 271 g/mol. The Kier molecular flexibility index (Phi) is 4.10. The molecule has 0 radical (unpaired) electrons. The lowest BCUT2D eigenvalue weighted by Crippen LogP contribution is -2.11. The van der Waals surface area contributed by atoms with Gasteiger partial charge in [0.1, 0.15) is 5.75 Å². The average molecular weight is 271 g/mol. The predicted molar refractivity (Wildman–Crippen MR) is 74.1 cm³/mol. The molecular formula is C15H13NO4. The third-order valence-corrected chi connectivity index (χ3v) is 2.83. The third kappa shape index (κ3) is 3.20. The van der Waals surface area contributed by atoms with Gasteiger partial charge in [0.2, 0.25) is 0 Å². The molecule has 0 spiro atoms. The standard InChI is InChI=1S/C15H13NO4/c1-11-9-13(7-8-14(11)16(18)19)20-10-15(17)12-5-3-2-4-6-12/h2-9H,10H2,1H3. The lowest BCUT2D eigenvalue weighted by atomic mass is 10.1. The van der Waals surface area contributed by atoms with Crippen LogP contribution >= 0.6 is 0 Å². The van der Waals surface area contributed by atoms with E-state index in [-0.39, 0.29) is 18.1 Å². The van der Waals surface area contributed by atoms with Crippen LogP contribution in [-0.4, -0.2) is 17.3 Å². The number of nitro benzene ring substituents is 1. The molecule has 0 fully saturated rings. The molecule has 5 nitrogen and oxygen atoms in total. The number of nitro groups is 1. The van der Waals surface area contributed by atoms with Crippen LogP contribution in [0, 0.1) is 17.0 Å². The molecule has 0 bridgehead atoms. The Bertz CT molecular complexity index is 638. The van der Waals surface area contributed by atoms with Gasteiger partial charge in [0.25, 0.3) is 5.69 Å². The average Bonchev–Trinajstić information content (AvgIpc) is 2.45. The van der Waals surface area contributed by atoms with E-state index in [9.17, 15) is 14.9 Å². The van der Waals surface area contributed by atoms with Gasteiger partial charge in [0, 0.05) is 17.2 Å². The van der Waals surface area contributed by atoms with Gasteiger partial charge in [-0.3, -0.25) is 14.9 Å². The Morgan fingerprint density at radius 1 is 1.20 bits per heavy atom. The summed E-state index contributed by atoms with van der Waals surface area (Å²) in [5, 5.41) is 10.7. The van der Waals surface area contributed by atoms with Gasteiger partial charge < -0.3 is 4.74 Å². The zero-order valence-electron chi connectivity index (χ0n) is 10.9. The van der Waals surface area contributed by atoms with Crippen LogP contribution < -0.4 is 4.74 Å². The van der Waals surface area contributed by atoms with Gasteiger partial charge in [-0.2, -0.15) is 0 Å². The molecule has 102 valence electrons. The van der Waals surface area contributed by atoms with Gasteiger partial charge in [-0.25, -0.2) is 0 Å². The molecule has 0 saturated heterocycles. The molecule has 20 heavy (non-hydrogen) atoms. The van der Waals surface area contributed by atoms with Crippen LogP contribution in [0.15, 0.2) is 48.5 Å². The second-order valence-electron chi connectivity index (χ2n) is 4.28. The number of hydrogen-bond acceptors (Lipinski definition) is 4. The van der Waals surface area contributed by atoms with Gasteiger partial charge >= 0.3 is 0 Å². The third-order valence-electron chi connectivity index (χ3n) is 2.83. The minimum atomic E-state index is -0.450. The van der Waals surface area contributed by atoms with E-state index in [0.29, 0.717) is 16.9 Å². The lowest BCUT2D eigenvalue weighted by molar-refractivity contribution is -0.385. The number of ether oxygens (including phenoxy) is 1. The van der Waals surface area contributed by atoms with E-state index in [1.165, 1.54) is 12.1 Å². The van der Waals surface area contributed by atoms with Crippen molar-refractivity contribution in [2.24, 2.45) is 0 Å². The first-order chi connectivity index (χ1) is 9.58. The second kappa shape index (κ2) is 5.97. The zero-order chi connectivity index (χ0) is 14.5. The number of carbonyl (C=O) groups excluding carboxylic acids is 1. The normalized spacial score (nSPS) is 10.1. The summed E-state index contributed by atoms with van der Waals surface area (Å²) in [5.41, 5.74) is 1.11. The fourth-order valence-electron chi connectivity index (χ4n) is 1.78. The molecule has 2 aromatic carbocycles. The largest absolute Gasteiger partial charge is 0.485 e. The number of ketones is 1. The molecule has 5 heteroatoms.